The summed E-state index contributed by atoms with van der Waals surface area (Å²) >= 11 is 1.17. The van der Waals surface area contributed by atoms with Crippen LogP contribution in [0.2, 0.25) is 0 Å². The van der Waals surface area contributed by atoms with E-state index in [1.807, 2.05) is 24.3 Å². The number of amides is 2. The summed E-state index contributed by atoms with van der Waals surface area (Å²) in [6.45, 7) is 0.197. The summed E-state index contributed by atoms with van der Waals surface area (Å²) in [6, 6.07) is 19.9. The lowest BCUT2D eigenvalue weighted by molar-refractivity contribution is -0.121. The third-order valence-corrected chi connectivity index (χ3v) is 6.18. The van der Waals surface area contributed by atoms with E-state index in [2.05, 4.69) is 5.32 Å². The normalized spacial score (nSPS) is 12.2. The third kappa shape index (κ3) is 5.59. The molecule has 0 fully saturated rings. The van der Waals surface area contributed by atoms with Crippen LogP contribution in [0.4, 0.5) is 15.8 Å². The number of carbonyl (C=O) groups excluding carboxylic acids is 3. The van der Waals surface area contributed by atoms with Crippen LogP contribution in [0.25, 0.3) is 0 Å². The minimum Gasteiger partial charge on any atom is -0.452 e. The summed E-state index contributed by atoms with van der Waals surface area (Å²) in [4.78, 5) is 39.7. The van der Waals surface area contributed by atoms with Crippen LogP contribution in [0.15, 0.2) is 77.7 Å². The monoisotopic (exact) mass is 464 g/mol. The minimum atomic E-state index is -0.627. The van der Waals surface area contributed by atoms with Gasteiger partial charge in [0.1, 0.15) is 5.82 Å². The summed E-state index contributed by atoms with van der Waals surface area (Å²) < 4.78 is 18.3. The SMILES string of the molecule is O=C(CSc1ccccc1C(=O)OCC(=O)N1CCc2ccccc21)Nc1ccc(F)cc1. The molecule has 0 aromatic heterocycles. The number of carbonyl (C=O) groups is 3. The summed E-state index contributed by atoms with van der Waals surface area (Å²) in [7, 11) is 0. The number of fused-ring (bicyclic) bond motifs is 1. The van der Waals surface area contributed by atoms with Gasteiger partial charge in [-0.15, -0.1) is 11.8 Å². The predicted molar refractivity (Wildman–Crippen MR) is 125 cm³/mol. The van der Waals surface area contributed by atoms with Gasteiger partial charge in [-0.05, 0) is 54.4 Å². The van der Waals surface area contributed by atoms with Gasteiger partial charge in [-0.25, -0.2) is 9.18 Å². The molecule has 3 aromatic rings. The Labute approximate surface area is 194 Å². The van der Waals surface area contributed by atoms with Crippen molar-refractivity contribution in [1.82, 2.24) is 0 Å². The van der Waals surface area contributed by atoms with Gasteiger partial charge in [-0.3, -0.25) is 9.59 Å². The number of nitrogens with zero attached hydrogens (tertiary/aromatic N) is 1. The lowest BCUT2D eigenvalue weighted by atomic mass is 10.2. The van der Waals surface area contributed by atoms with Crippen molar-refractivity contribution in [2.24, 2.45) is 0 Å². The Bertz CT molecular complexity index is 1180. The molecule has 4 rings (SSSR count). The maximum Gasteiger partial charge on any atom is 0.339 e. The lowest BCUT2D eigenvalue weighted by Gasteiger charge is -2.17. The van der Waals surface area contributed by atoms with Gasteiger partial charge in [0.15, 0.2) is 6.61 Å². The lowest BCUT2D eigenvalue weighted by Crippen LogP contribution is -2.33. The zero-order chi connectivity index (χ0) is 23.2. The van der Waals surface area contributed by atoms with Crippen molar-refractivity contribution < 1.29 is 23.5 Å². The number of thioether (sulfide) groups is 1. The first-order valence-electron chi connectivity index (χ1n) is 10.3. The molecule has 0 saturated carbocycles. The van der Waals surface area contributed by atoms with Crippen LogP contribution in [0.5, 0.6) is 0 Å². The fraction of sp³-hybridized carbons (Fsp3) is 0.160. The quantitative estimate of drug-likeness (QED) is 0.417. The van der Waals surface area contributed by atoms with E-state index in [0.29, 0.717) is 17.1 Å². The van der Waals surface area contributed by atoms with Crippen LogP contribution in [-0.2, 0) is 20.7 Å². The number of nitrogens with one attached hydrogen (secondary N) is 1. The van der Waals surface area contributed by atoms with Crippen LogP contribution in [0.1, 0.15) is 15.9 Å². The summed E-state index contributed by atoms with van der Waals surface area (Å²) in [5.41, 5.74) is 2.71. The molecule has 1 heterocycles. The molecule has 1 aliphatic heterocycles. The van der Waals surface area contributed by atoms with Gasteiger partial charge in [-0.2, -0.15) is 0 Å². The molecule has 0 atom stereocenters. The number of hydrogen-bond acceptors (Lipinski definition) is 5. The molecule has 168 valence electrons. The number of rotatable bonds is 7. The maximum atomic E-state index is 13.0. The zero-order valence-corrected chi connectivity index (χ0v) is 18.4. The fourth-order valence-corrected chi connectivity index (χ4v) is 4.36. The van der Waals surface area contributed by atoms with Gasteiger partial charge >= 0.3 is 5.97 Å². The number of halogens is 1. The predicted octanol–water partition coefficient (Wildman–Crippen LogP) is 4.30. The van der Waals surface area contributed by atoms with Crippen LogP contribution < -0.4 is 10.2 Å². The highest BCUT2D eigenvalue weighted by molar-refractivity contribution is 8.00. The first-order chi connectivity index (χ1) is 16.0. The summed E-state index contributed by atoms with van der Waals surface area (Å²) in [6.07, 6.45) is 0.773. The zero-order valence-electron chi connectivity index (χ0n) is 17.6. The van der Waals surface area contributed by atoms with E-state index in [9.17, 15) is 18.8 Å². The van der Waals surface area contributed by atoms with Crippen molar-refractivity contribution in [2.75, 3.05) is 29.1 Å². The molecule has 6 nitrogen and oxygen atoms in total. The Morgan fingerprint density at radius 2 is 1.70 bits per heavy atom. The molecule has 0 saturated heterocycles. The largest absolute Gasteiger partial charge is 0.452 e. The second-order valence-electron chi connectivity index (χ2n) is 7.34. The first kappa shape index (κ1) is 22.5. The molecule has 2 amide bonds. The third-order valence-electron chi connectivity index (χ3n) is 5.11. The maximum absolute atomic E-state index is 13.0. The molecule has 3 aromatic carbocycles. The van der Waals surface area contributed by atoms with Crippen molar-refractivity contribution >= 4 is 40.9 Å². The van der Waals surface area contributed by atoms with Gasteiger partial charge in [0.25, 0.3) is 5.91 Å². The van der Waals surface area contributed by atoms with Gasteiger partial charge in [0.2, 0.25) is 5.91 Å². The fourth-order valence-electron chi connectivity index (χ4n) is 3.51. The van der Waals surface area contributed by atoms with Gasteiger partial charge in [-0.1, -0.05) is 30.3 Å². The molecule has 0 spiro atoms. The van der Waals surface area contributed by atoms with Crippen LogP contribution in [0, 0.1) is 5.82 Å². The van der Waals surface area contributed by atoms with E-state index in [0.717, 1.165) is 17.7 Å². The number of hydrogen-bond donors (Lipinski definition) is 1. The highest BCUT2D eigenvalue weighted by Crippen LogP contribution is 2.28. The Morgan fingerprint density at radius 1 is 0.970 bits per heavy atom. The highest BCUT2D eigenvalue weighted by Gasteiger charge is 2.25. The van der Waals surface area contributed by atoms with Crippen LogP contribution >= 0.6 is 11.8 Å². The second kappa shape index (κ2) is 10.3. The molecular formula is C25H21FN2O4S. The number of ether oxygens (including phenoxy) is 1. The molecule has 0 bridgehead atoms. The summed E-state index contributed by atoms with van der Waals surface area (Å²) in [5.74, 6) is -1.54. The van der Waals surface area contributed by atoms with Crippen molar-refractivity contribution in [2.45, 2.75) is 11.3 Å². The highest BCUT2D eigenvalue weighted by atomic mass is 32.2. The summed E-state index contributed by atoms with van der Waals surface area (Å²) in [5, 5.41) is 2.67. The molecule has 33 heavy (non-hydrogen) atoms. The van der Waals surface area contributed by atoms with E-state index >= 15 is 0 Å². The number of para-hydroxylation sites is 1. The van der Waals surface area contributed by atoms with E-state index in [4.69, 9.17) is 4.74 Å². The molecule has 1 N–H and O–H groups in total. The average molecular weight is 465 g/mol. The van der Waals surface area contributed by atoms with E-state index in [-0.39, 0.29) is 35.6 Å². The Hall–Kier alpha value is -3.65. The van der Waals surface area contributed by atoms with E-state index < -0.39 is 5.97 Å². The van der Waals surface area contributed by atoms with E-state index in [1.54, 1.807) is 29.2 Å². The minimum absolute atomic E-state index is 0.0468. The number of esters is 1. The van der Waals surface area contributed by atoms with Crippen LogP contribution in [0.3, 0.4) is 0 Å². The van der Waals surface area contributed by atoms with Crippen molar-refractivity contribution in [3.63, 3.8) is 0 Å². The molecule has 8 heteroatoms. The Balaban J connectivity index is 1.33. The molecule has 0 radical (unpaired) electrons. The van der Waals surface area contributed by atoms with Gasteiger partial charge in [0, 0.05) is 22.8 Å². The first-order valence-corrected chi connectivity index (χ1v) is 11.3. The molecule has 1 aliphatic rings. The standard InChI is InChI=1S/C25H21FN2O4S/c26-18-9-11-19(12-10-18)27-23(29)16-33-22-8-4-2-6-20(22)25(31)32-15-24(30)28-14-13-17-5-1-3-7-21(17)28/h1-12H,13-16H2,(H,27,29). The van der Waals surface area contributed by atoms with Crippen molar-refractivity contribution in [3.8, 4) is 0 Å². The number of anilines is 2. The molecular weight excluding hydrogens is 443 g/mol. The van der Waals surface area contributed by atoms with Crippen molar-refractivity contribution in [1.29, 1.82) is 0 Å². The van der Waals surface area contributed by atoms with Crippen molar-refractivity contribution in [3.05, 3.63) is 89.7 Å². The average Bonchev–Trinajstić information content (AvgIpc) is 3.27. The second-order valence-corrected chi connectivity index (χ2v) is 8.36. The molecule has 0 aliphatic carbocycles. The van der Waals surface area contributed by atoms with Crippen LogP contribution in [-0.4, -0.2) is 36.7 Å². The smallest absolute Gasteiger partial charge is 0.339 e. The van der Waals surface area contributed by atoms with E-state index in [1.165, 1.54) is 36.0 Å². The van der Waals surface area contributed by atoms with Gasteiger partial charge in [0.05, 0.1) is 11.3 Å². The topological polar surface area (TPSA) is 75.7 Å². The number of benzene rings is 3. The molecule has 0 unspecified atom stereocenters. The van der Waals surface area contributed by atoms with Gasteiger partial charge < -0.3 is 15.0 Å². The Kier molecular flexibility index (Phi) is 7.04. The Morgan fingerprint density at radius 3 is 2.52 bits per heavy atom.